The molecule has 28 heavy (non-hydrogen) atoms. The molecular formula is C22H31FN2O3. The summed E-state index contributed by atoms with van der Waals surface area (Å²) >= 11 is 0. The van der Waals surface area contributed by atoms with Gasteiger partial charge in [0.05, 0.1) is 11.5 Å². The van der Waals surface area contributed by atoms with Crippen molar-refractivity contribution in [1.82, 2.24) is 10.2 Å². The first kappa shape index (κ1) is 20.8. The Hall–Kier alpha value is -1.95. The van der Waals surface area contributed by atoms with Crippen LogP contribution in [0.25, 0.3) is 0 Å². The highest BCUT2D eigenvalue weighted by atomic mass is 19.1. The maximum Gasteiger partial charge on any atom is 0.227 e. The number of halogens is 1. The maximum absolute atomic E-state index is 13.4. The van der Waals surface area contributed by atoms with Crippen molar-refractivity contribution in [2.24, 2.45) is 11.3 Å². The fourth-order valence-corrected chi connectivity index (χ4v) is 4.16. The molecule has 154 valence electrons. The molecule has 2 saturated heterocycles. The van der Waals surface area contributed by atoms with E-state index < -0.39 is 11.0 Å². The molecule has 5 nitrogen and oxygen atoms in total. The standard InChI is InChI=1S/C22H31FN2O3/c1-21(2,3)20(27)25-12-4-5-16(15-25)19(26)24-22(10-13-28-14-11-22)17-6-8-18(23)9-7-17/h6-9,16H,4-5,10-15H2,1-3H3,(H,24,26). The van der Waals surface area contributed by atoms with E-state index in [-0.39, 0.29) is 23.5 Å². The second-order valence-corrected chi connectivity index (χ2v) is 9.03. The van der Waals surface area contributed by atoms with Crippen molar-refractivity contribution in [2.75, 3.05) is 26.3 Å². The normalized spacial score (nSPS) is 22.6. The second kappa shape index (κ2) is 8.19. The van der Waals surface area contributed by atoms with Gasteiger partial charge < -0.3 is 15.0 Å². The molecular weight excluding hydrogens is 359 g/mol. The molecule has 0 bridgehead atoms. The largest absolute Gasteiger partial charge is 0.381 e. The summed E-state index contributed by atoms with van der Waals surface area (Å²) in [6.07, 6.45) is 2.91. The molecule has 0 saturated carbocycles. The Morgan fingerprint density at radius 3 is 2.43 bits per heavy atom. The number of ether oxygens (including phenoxy) is 1. The number of piperidine rings is 1. The Morgan fingerprint density at radius 2 is 1.82 bits per heavy atom. The lowest BCUT2D eigenvalue weighted by atomic mass is 9.81. The molecule has 2 amide bonds. The number of hydrogen-bond donors (Lipinski definition) is 1. The summed E-state index contributed by atoms with van der Waals surface area (Å²) in [6.45, 7) is 7.99. The van der Waals surface area contributed by atoms with E-state index in [9.17, 15) is 14.0 Å². The smallest absolute Gasteiger partial charge is 0.227 e. The van der Waals surface area contributed by atoms with Gasteiger partial charge in [0, 0.05) is 31.7 Å². The van der Waals surface area contributed by atoms with Crippen LogP contribution >= 0.6 is 0 Å². The number of carbonyl (C=O) groups excluding carboxylic acids is 2. The summed E-state index contributed by atoms with van der Waals surface area (Å²) in [6, 6.07) is 6.36. The summed E-state index contributed by atoms with van der Waals surface area (Å²) in [4.78, 5) is 27.6. The number of likely N-dealkylation sites (tertiary alicyclic amines) is 1. The van der Waals surface area contributed by atoms with Gasteiger partial charge in [0.15, 0.2) is 0 Å². The van der Waals surface area contributed by atoms with Gasteiger partial charge in [0.2, 0.25) is 11.8 Å². The topological polar surface area (TPSA) is 58.6 Å². The molecule has 1 unspecified atom stereocenters. The molecule has 0 radical (unpaired) electrons. The molecule has 2 heterocycles. The first-order valence-corrected chi connectivity index (χ1v) is 10.2. The van der Waals surface area contributed by atoms with Crippen molar-refractivity contribution < 1.29 is 18.7 Å². The van der Waals surface area contributed by atoms with E-state index in [0.29, 0.717) is 39.1 Å². The minimum atomic E-state index is -0.542. The number of hydrogen-bond acceptors (Lipinski definition) is 3. The zero-order chi connectivity index (χ0) is 20.4. The van der Waals surface area contributed by atoms with Gasteiger partial charge in [-0.2, -0.15) is 0 Å². The van der Waals surface area contributed by atoms with Crippen LogP contribution in [0.3, 0.4) is 0 Å². The quantitative estimate of drug-likeness (QED) is 0.862. The molecule has 1 aromatic rings. The van der Waals surface area contributed by atoms with Gasteiger partial charge in [-0.3, -0.25) is 9.59 Å². The van der Waals surface area contributed by atoms with Crippen LogP contribution in [0, 0.1) is 17.2 Å². The van der Waals surface area contributed by atoms with Crippen LogP contribution in [0.2, 0.25) is 0 Å². The van der Waals surface area contributed by atoms with Gasteiger partial charge in [-0.05, 0) is 43.4 Å². The SMILES string of the molecule is CC(C)(C)C(=O)N1CCCC(C(=O)NC2(c3ccc(F)cc3)CCOCC2)C1. The van der Waals surface area contributed by atoms with E-state index in [1.165, 1.54) is 12.1 Å². The highest BCUT2D eigenvalue weighted by molar-refractivity contribution is 5.84. The number of carbonyl (C=O) groups is 2. The minimum absolute atomic E-state index is 0.0300. The zero-order valence-corrected chi connectivity index (χ0v) is 17.1. The van der Waals surface area contributed by atoms with E-state index in [2.05, 4.69) is 5.32 Å². The summed E-state index contributed by atoms with van der Waals surface area (Å²) in [5.74, 6) is -0.455. The number of nitrogens with zero attached hydrogens (tertiary/aromatic N) is 1. The molecule has 1 atom stereocenters. The lowest BCUT2D eigenvalue weighted by Gasteiger charge is -2.41. The average molecular weight is 390 g/mol. The van der Waals surface area contributed by atoms with Crippen molar-refractivity contribution in [3.8, 4) is 0 Å². The molecule has 6 heteroatoms. The van der Waals surface area contributed by atoms with E-state index in [1.807, 2.05) is 25.7 Å². The third-order valence-corrected chi connectivity index (χ3v) is 5.83. The van der Waals surface area contributed by atoms with Crippen molar-refractivity contribution in [3.63, 3.8) is 0 Å². The van der Waals surface area contributed by atoms with Crippen LogP contribution in [0.15, 0.2) is 24.3 Å². The van der Waals surface area contributed by atoms with Gasteiger partial charge in [-0.25, -0.2) is 4.39 Å². The summed E-state index contributed by atoms with van der Waals surface area (Å²) < 4.78 is 18.9. The molecule has 2 fully saturated rings. The molecule has 1 N–H and O–H groups in total. The Kier molecular flexibility index (Phi) is 6.08. The molecule has 3 rings (SSSR count). The first-order chi connectivity index (χ1) is 13.2. The predicted molar refractivity (Wildman–Crippen MR) is 105 cm³/mol. The maximum atomic E-state index is 13.4. The van der Waals surface area contributed by atoms with Crippen LogP contribution in [0.4, 0.5) is 4.39 Å². The van der Waals surface area contributed by atoms with Gasteiger partial charge in [0.1, 0.15) is 5.82 Å². The molecule has 0 aliphatic carbocycles. The van der Waals surface area contributed by atoms with Crippen LogP contribution < -0.4 is 5.32 Å². The first-order valence-electron chi connectivity index (χ1n) is 10.2. The van der Waals surface area contributed by atoms with Crippen LogP contribution in [0.5, 0.6) is 0 Å². The van der Waals surface area contributed by atoms with E-state index in [0.717, 1.165) is 18.4 Å². The summed E-state index contributed by atoms with van der Waals surface area (Å²) in [7, 11) is 0. The van der Waals surface area contributed by atoms with Crippen LogP contribution in [-0.2, 0) is 19.9 Å². The van der Waals surface area contributed by atoms with E-state index in [1.54, 1.807) is 12.1 Å². The number of rotatable bonds is 3. The second-order valence-electron chi connectivity index (χ2n) is 9.03. The lowest BCUT2D eigenvalue weighted by molar-refractivity contribution is -0.143. The monoisotopic (exact) mass is 390 g/mol. The highest BCUT2D eigenvalue weighted by Crippen LogP contribution is 2.33. The van der Waals surface area contributed by atoms with Gasteiger partial charge in [-0.1, -0.05) is 32.9 Å². The third-order valence-electron chi connectivity index (χ3n) is 5.83. The van der Waals surface area contributed by atoms with Crippen LogP contribution in [0.1, 0.15) is 52.0 Å². The molecule has 2 aliphatic rings. The van der Waals surface area contributed by atoms with Crippen molar-refractivity contribution >= 4 is 11.8 Å². The minimum Gasteiger partial charge on any atom is -0.381 e. The van der Waals surface area contributed by atoms with Crippen molar-refractivity contribution in [1.29, 1.82) is 0 Å². The predicted octanol–water partition coefficient (Wildman–Crippen LogP) is 3.23. The number of nitrogens with one attached hydrogen (secondary N) is 1. The Bertz CT molecular complexity index is 705. The Morgan fingerprint density at radius 1 is 1.18 bits per heavy atom. The molecule has 0 spiro atoms. The van der Waals surface area contributed by atoms with E-state index in [4.69, 9.17) is 4.74 Å². The van der Waals surface area contributed by atoms with Gasteiger partial charge >= 0.3 is 0 Å². The van der Waals surface area contributed by atoms with Crippen LogP contribution in [-0.4, -0.2) is 43.0 Å². The van der Waals surface area contributed by atoms with Crippen molar-refractivity contribution in [3.05, 3.63) is 35.6 Å². The molecule has 2 aliphatic heterocycles. The molecule has 0 aromatic heterocycles. The summed E-state index contributed by atoms with van der Waals surface area (Å²) in [5.41, 5.74) is -0.0858. The fourth-order valence-electron chi connectivity index (χ4n) is 4.16. The average Bonchev–Trinajstić information content (AvgIpc) is 2.68. The van der Waals surface area contributed by atoms with Gasteiger partial charge in [-0.15, -0.1) is 0 Å². The highest BCUT2D eigenvalue weighted by Gasteiger charge is 2.39. The lowest BCUT2D eigenvalue weighted by Crippen LogP contribution is -2.54. The van der Waals surface area contributed by atoms with Gasteiger partial charge in [0.25, 0.3) is 0 Å². The summed E-state index contributed by atoms with van der Waals surface area (Å²) in [5, 5.41) is 3.26. The van der Waals surface area contributed by atoms with Crippen molar-refractivity contribution in [2.45, 2.75) is 52.0 Å². The fraction of sp³-hybridized carbons (Fsp3) is 0.636. The van der Waals surface area contributed by atoms with E-state index >= 15 is 0 Å². The number of benzene rings is 1. The third kappa shape index (κ3) is 4.54. The molecule has 1 aromatic carbocycles. The Labute approximate surface area is 166 Å². The Balaban J connectivity index is 1.75. The number of amides is 2. The zero-order valence-electron chi connectivity index (χ0n) is 17.1.